The largest absolute Gasteiger partial charge is 0.270 e. The van der Waals surface area contributed by atoms with E-state index in [4.69, 9.17) is 0 Å². The monoisotopic (exact) mass is 264 g/mol. The molecule has 0 radical (unpaired) electrons. The van der Waals surface area contributed by atoms with Gasteiger partial charge < -0.3 is 0 Å². The van der Waals surface area contributed by atoms with E-state index in [9.17, 15) is 10.1 Å². The predicted octanol–water partition coefficient (Wildman–Crippen LogP) is 2.94. The molecule has 0 saturated heterocycles. The average Bonchev–Trinajstić information content (AvgIpc) is 2.85. The van der Waals surface area contributed by atoms with Crippen molar-refractivity contribution in [3.63, 3.8) is 0 Å². The summed E-state index contributed by atoms with van der Waals surface area (Å²) in [5, 5.41) is 17.0. The minimum atomic E-state index is -0.413. The topological polar surface area (TPSA) is 73.3 Å². The van der Waals surface area contributed by atoms with Crippen LogP contribution in [0.5, 0.6) is 0 Å². The van der Waals surface area contributed by atoms with Crippen LogP contribution in [0, 0.1) is 10.1 Å². The lowest BCUT2D eigenvalue weighted by atomic mass is 10.2. The van der Waals surface area contributed by atoms with Crippen molar-refractivity contribution in [3.8, 4) is 0 Å². The molecule has 0 N–H and O–H groups in total. The van der Waals surface area contributed by atoms with Crippen molar-refractivity contribution in [2.75, 3.05) is 0 Å². The Labute approximate surface area is 112 Å². The molecule has 6 nitrogen and oxygen atoms in total. The summed E-state index contributed by atoms with van der Waals surface area (Å²) in [6, 6.07) is 12.4. The number of fused-ring (bicyclic) bond motifs is 5. The van der Waals surface area contributed by atoms with Crippen LogP contribution in [-0.2, 0) is 0 Å². The molecule has 2 heterocycles. The van der Waals surface area contributed by atoms with Crippen molar-refractivity contribution in [1.29, 1.82) is 0 Å². The Morgan fingerprint density at radius 1 is 1.15 bits per heavy atom. The fourth-order valence-corrected chi connectivity index (χ4v) is 2.39. The molecule has 0 aliphatic carbocycles. The minimum absolute atomic E-state index is 0.0439. The number of aromatic nitrogens is 3. The van der Waals surface area contributed by atoms with Gasteiger partial charge in [-0.25, -0.2) is 9.50 Å². The summed E-state index contributed by atoms with van der Waals surface area (Å²) in [6.45, 7) is 0. The normalized spacial score (nSPS) is 11.4. The summed E-state index contributed by atoms with van der Waals surface area (Å²) in [6.07, 6.45) is 1.75. The zero-order valence-corrected chi connectivity index (χ0v) is 10.2. The molecule has 0 bridgehead atoms. The second kappa shape index (κ2) is 3.74. The third kappa shape index (κ3) is 1.38. The Morgan fingerprint density at radius 3 is 2.85 bits per heavy atom. The Bertz CT molecular complexity index is 990. The van der Waals surface area contributed by atoms with Gasteiger partial charge in [0.05, 0.1) is 21.3 Å². The Morgan fingerprint density at radius 2 is 2.00 bits per heavy atom. The molecule has 96 valence electrons. The third-order valence-corrected chi connectivity index (χ3v) is 3.33. The summed E-state index contributed by atoms with van der Waals surface area (Å²) in [5.74, 6) is 0. The molecule has 20 heavy (non-hydrogen) atoms. The van der Waals surface area contributed by atoms with Crippen molar-refractivity contribution in [2.45, 2.75) is 0 Å². The first-order valence-electron chi connectivity index (χ1n) is 6.05. The van der Waals surface area contributed by atoms with Crippen LogP contribution in [0.25, 0.3) is 27.5 Å². The fraction of sp³-hybridized carbons (Fsp3) is 0. The van der Waals surface area contributed by atoms with Gasteiger partial charge in [-0.1, -0.05) is 18.2 Å². The lowest BCUT2D eigenvalue weighted by Gasteiger charge is -1.99. The number of hydrogen-bond donors (Lipinski definition) is 0. The molecule has 4 rings (SSSR count). The average molecular weight is 264 g/mol. The van der Waals surface area contributed by atoms with Crippen LogP contribution in [0.3, 0.4) is 0 Å². The van der Waals surface area contributed by atoms with Gasteiger partial charge >= 0.3 is 0 Å². The van der Waals surface area contributed by atoms with E-state index in [0.29, 0.717) is 16.6 Å². The van der Waals surface area contributed by atoms with Crippen LogP contribution in [0.2, 0.25) is 0 Å². The number of nitro groups is 1. The number of para-hydroxylation sites is 1. The molecule has 0 fully saturated rings. The summed E-state index contributed by atoms with van der Waals surface area (Å²) in [4.78, 5) is 14.8. The number of nitrogens with zero attached hydrogens (tertiary/aromatic N) is 4. The second-order valence-electron chi connectivity index (χ2n) is 4.51. The van der Waals surface area contributed by atoms with Crippen molar-refractivity contribution >= 4 is 33.1 Å². The van der Waals surface area contributed by atoms with Crippen LogP contribution >= 0.6 is 0 Å². The molecule has 0 aliphatic rings. The number of non-ortho nitro benzene ring substituents is 1. The Balaban J connectivity index is 2.19. The van der Waals surface area contributed by atoms with Gasteiger partial charge in [-0.2, -0.15) is 5.10 Å². The maximum atomic E-state index is 10.9. The molecule has 4 aromatic rings. The van der Waals surface area contributed by atoms with Crippen LogP contribution < -0.4 is 0 Å². The lowest BCUT2D eigenvalue weighted by molar-refractivity contribution is -0.384. The van der Waals surface area contributed by atoms with E-state index >= 15 is 0 Å². The highest BCUT2D eigenvalue weighted by molar-refractivity contribution is 5.96. The van der Waals surface area contributed by atoms with Crippen LogP contribution in [0.15, 0.2) is 48.7 Å². The van der Waals surface area contributed by atoms with E-state index in [1.807, 2.05) is 24.3 Å². The van der Waals surface area contributed by atoms with Gasteiger partial charge in [-0.15, -0.1) is 0 Å². The van der Waals surface area contributed by atoms with Crippen LogP contribution in [0.4, 0.5) is 5.69 Å². The zero-order chi connectivity index (χ0) is 13.7. The molecule has 0 aliphatic heterocycles. The van der Waals surface area contributed by atoms with E-state index in [1.165, 1.54) is 12.1 Å². The molecule has 2 aromatic heterocycles. The van der Waals surface area contributed by atoms with E-state index in [1.54, 1.807) is 16.8 Å². The van der Waals surface area contributed by atoms with E-state index in [0.717, 1.165) is 10.9 Å². The van der Waals surface area contributed by atoms with Gasteiger partial charge in [0.2, 0.25) is 0 Å². The van der Waals surface area contributed by atoms with Gasteiger partial charge in [-0.05, 0) is 12.1 Å². The summed E-state index contributed by atoms with van der Waals surface area (Å²) >= 11 is 0. The maximum Gasteiger partial charge on any atom is 0.270 e. The smallest absolute Gasteiger partial charge is 0.258 e. The molecule has 0 saturated carbocycles. The number of nitro benzene ring substituents is 1. The first-order chi connectivity index (χ1) is 9.74. The Hall–Kier alpha value is -3.02. The molecule has 0 amide bonds. The molecule has 2 aromatic carbocycles. The lowest BCUT2D eigenvalue weighted by Crippen LogP contribution is -1.91. The third-order valence-electron chi connectivity index (χ3n) is 3.33. The van der Waals surface area contributed by atoms with E-state index in [-0.39, 0.29) is 5.69 Å². The van der Waals surface area contributed by atoms with Crippen molar-refractivity contribution < 1.29 is 4.92 Å². The molecule has 0 spiro atoms. The molecule has 0 unspecified atom stereocenters. The van der Waals surface area contributed by atoms with Crippen molar-refractivity contribution in [1.82, 2.24) is 14.6 Å². The molecule has 0 atom stereocenters. The predicted molar refractivity (Wildman–Crippen MR) is 74.7 cm³/mol. The highest BCUT2D eigenvalue weighted by atomic mass is 16.6. The van der Waals surface area contributed by atoms with Gasteiger partial charge in [0.1, 0.15) is 0 Å². The van der Waals surface area contributed by atoms with Gasteiger partial charge in [0.25, 0.3) is 5.69 Å². The first kappa shape index (κ1) is 10.9. The van der Waals surface area contributed by atoms with E-state index < -0.39 is 4.92 Å². The maximum absolute atomic E-state index is 10.9. The van der Waals surface area contributed by atoms with Crippen molar-refractivity contribution in [2.24, 2.45) is 0 Å². The highest BCUT2D eigenvalue weighted by Gasteiger charge is 2.13. The van der Waals surface area contributed by atoms with Gasteiger partial charge in [0.15, 0.2) is 5.65 Å². The highest BCUT2D eigenvalue weighted by Crippen LogP contribution is 2.25. The van der Waals surface area contributed by atoms with Crippen molar-refractivity contribution in [3.05, 3.63) is 58.8 Å². The van der Waals surface area contributed by atoms with E-state index in [2.05, 4.69) is 10.1 Å². The van der Waals surface area contributed by atoms with Gasteiger partial charge in [0, 0.05) is 23.7 Å². The number of benzene rings is 2. The fourth-order valence-electron chi connectivity index (χ4n) is 2.39. The zero-order valence-electron chi connectivity index (χ0n) is 10.2. The second-order valence-corrected chi connectivity index (χ2v) is 4.51. The minimum Gasteiger partial charge on any atom is -0.258 e. The number of hydrogen-bond acceptors (Lipinski definition) is 4. The number of rotatable bonds is 1. The molecular formula is C14H8N4O2. The molecular weight excluding hydrogens is 256 g/mol. The first-order valence-corrected chi connectivity index (χ1v) is 6.05. The molecule has 6 heteroatoms. The van der Waals surface area contributed by atoms with Gasteiger partial charge in [-0.3, -0.25) is 10.1 Å². The standard InChI is InChI=1S/C14H8N4O2/c19-18(20)10-5-6-12-11(7-10)14-15-8-9-3-1-2-4-13(9)17(14)16-12/h1-8H. The Kier molecular flexibility index (Phi) is 2.03. The summed E-state index contributed by atoms with van der Waals surface area (Å²) in [5.41, 5.74) is 2.29. The quantitative estimate of drug-likeness (QED) is 0.391. The van der Waals surface area contributed by atoms with Crippen LogP contribution in [-0.4, -0.2) is 19.5 Å². The van der Waals surface area contributed by atoms with Crippen LogP contribution in [0.1, 0.15) is 0 Å². The summed E-state index contributed by atoms with van der Waals surface area (Å²) < 4.78 is 1.73. The SMILES string of the molecule is O=[N+]([O-])c1ccc2nn3c4ccccc4cnc3c2c1. The summed E-state index contributed by atoms with van der Waals surface area (Å²) in [7, 11) is 0.